The first kappa shape index (κ1) is 29.4. The number of nitrogens with zero attached hydrogens (tertiary/aromatic N) is 5. The van der Waals surface area contributed by atoms with Crippen LogP contribution in [-0.4, -0.2) is 62.2 Å². The lowest BCUT2D eigenvalue weighted by atomic mass is 10.1. The van der Waals surface area contributed by atoms with Crippen LogP contribution in [0.25, 0.3) is 0 Å². The summed E-state index contributed by atoms with van der Waals surface area (Å²) in [6, 6.07) is 6.77. The summed E-state index contributed by atoms with van der Waals surface area (Å²) in [6.45, 7) is 23.0. The molecule has 33 heavy (non-hydrogen) atoms. The van der Waals surface area contributed by atoms with Gasteiger partial charge in [0.05, 0.1) is 6.33 Å². The zero-order valence-corrected chi connectivity index (χ0v) is 23.0. The molecule has 0 aromatic carbocycles. The van der Waals surface area contributed by atoms with Crippen molar-refractivity contribution in [3.05, 3.63) is 43.2 Å². The molecule has 0 atom stereocenters. The number of piperidine rings is 1. The van der Waals surface area contributed by atoms with E-state index >= 15 is 0 Å². The molecule has 0 unspecified atom stereocenters. The molecule has 0 amide bonds. The zero-order valence-electron chi connectivity index (χ0n) is 23.0. The van der Waals surface area contributed by atoms with Crippen molar-refractivity contribution in [1.29, 1.82) is 0 Å². The first-order chi connectivity index (χ1) is 15.7. The molecule has 2 aromatic rings. The van der Waals surface area contributed by atoms with Crippen LogP contribution in [0.5, 0.6) is 0 Å². The largest absolute Gasteiger partial charge is 0.352 e. The molecule has 0 spiro atoms. The molecule has 2 fully saturated rings. The van der Waals surface area contributed by atoms with Crippen molar-refractivity contribution in [1.82, 2.24) is 23.9 Å². The van der Waals surface area contributed by atoms with Gasteiger partial charge in [-0.15, -0.1) is 0 Å². The summed E-state index contributed by atoms with van der Waals surface area (Å²) >= 11 is 0. The van der Waals surface area contributed by atoms with Gasteiger partial charge in [0, 0.05) is 49.0 Å². The van der Waals surface area contributed by atoms with E-state index in [0.29, 0.717) is 12.1 Å². The van der Waals surface area contributed by atoms with Crippen molar-refractivity contribution in [2.45, 2.75) is 112 Å². The van der Waals surface area contributed by atoms with Crippen LogP contribution in [-0.2, 0) is 0 Å². The third kappa shape index (κ3) is 13.0. The highest BCUT2D eigenvalue weighted by atomic mass is 15.2. The van der Waals surface area contributed by atoms with Crippen molar-refractivity contribution in [2.75, 3.05) is 26.2 Å². The van der Waals surface area contributed by atoms with Crippen molar-refractivity contribution in [3.8, 4) is 0 Å². The van der Waals surface area contributed by atoms with Gasteiger partial charge in [-0.05, 0) is 119 Å². The van der Waals surface area contributed by atoms with E-state index in [2.05, 4.69) is 91.7 Å². The summed E-state index contributed by atoms with van der Waals surface area (Å²) in [7, 11) is 0. The highest BCUT2D eigenvalue weighted by Gasteiger charge is 2.13. The van der Waals surface area contributed by atoms with Crippen LogP contribution in [0.4, 0.5) is 0 Å². The zero-order chi connectivity index (χ0) is 24.6. The maximum atomic E-state index is 3.91. The van der Waals surface area contributed by atoms with Gasteiger partial charge in [-0.25, -0.2) is 4.98 Å². The lowest BCUT2D eigenvalue weighted by molar-refractivity contribution is 0.185. The van der Waals surface area contributed by atoms with Gasteiger partial charge < -0.3 is 18.9 Å². The molecular weight excluding hydrogens is 406 g/mol. The normalized spacial score (nSPS) is 16.8. The number of hydrogen-bond acceptors (Lipinski definition) is 3. The van der Waals surface area contributed by atoms with Crippen LogP contribution >= 0.6 is 0 Å². The van der Waals surface area contributed by atoms with Crippen molar-refractivity contribution in [3.63, 3.8) is 0 Å². The lowest BCUT2D eigenvalue weighted by Gasteiger charge is -2.29. The Morgan fingerprint density at radius 3 is 1.18 bits per heavy atom. The van der Waals surface area contributed by atoms with Crippen LogP contribution in [0.15, 0.2) is 43.2 Å². The molecule has 0 aliphatic carbocycles. The minimum Gasteiger partial charge on any atom is -0.352 e. The van der Waals surface area contributed by atoms with Gasteiger partial charge in [0.15, 0.2) is 0 Å². The van der Waals surface area contributed by atoms with Gasteiger partial charge in [-0.3, -0.25) is 0 Å². The average molecular weight is 460 g/mol. The summed E-state index contributed by atoms with van der Waals surface area (Å²) in [5, 5.41) is 0. The van der Waals surface area contributed by atoms with Gasteiger partial charge in [-0.2, -0.15) is 0 Å². The van der Waals surface area contributed by atoms with Gasteiger partial charge in [0.1, 0.15) is 0 Å². The second kappa shape index (κ2) is 16.9. The molecule has 0 N–H and O–H groups in total. The van der Waals surface area contributed by atoms with Crippen LogP contribution in [0.3, 0.4) is 0 Å². The summed E-state index contributed by atoms with van der Waals surface area (Å²) in [5.41, 5.74) is 0. The van der Waals surface area contributed by atoms with E-state index in [-0.39, 0.29) is 0 Å². The molecule has 4 heterocycles. The topological polar surface area (TPSA) is 29.2 Å². The van der Waals surface area contributed by atoms with Crippen LogP contribution in [0, 0.1) is 0 Å². The minimum atomic E-state index is 0.539. The first-order valence-electron chi connectivity index (χ1n) is 13.3. The van der Waals surface area contributed by atoms with E-state index in [4.69, 9.17) is 0 Å². The fourth-order valence-corrected chi connectivity index (χ4v) is 3.96. The average Bonchev–Trinajstić information content (AvgIpc) is 3.59. The summed E-state index contributed by atoms with van der Waals surface area (Å²) in [5.74, 6) is 0. The lowest BCUT2D eigenvalue weighted by Crippen LogP contribution is -2.35. The Morgan fingerprint density at radius 1 is 0.515 bits per heavy atom. The maximum Gasteiger partial charge on any atom is 0.0948 e. The number of rotatable bonds is 4. The molecular formula is C28H53N5. The Hall–Kier alpha value is -1.59. The van der Waals surface area contributed by atoms with E-state index in [1.807, 2.05) is 24.7 Å². The van der Waals surface area contributed by atoms with Crippen LogP contribution < -0.4 is 0 Å². The molecule has 2 aliphatic heterocycles. The quantitative estimate of drug-likeness (QED) is 0.498. The molecule has 5 heteroatoms. The number of hydrogen-bond donors (Lipinski definition) is 0. The molecule has 0 radical (unpaired) electrons. The van der Waals surface area contributed by atoms with E-state index in [1.165, 1.54) is 58.3 Å². The Balaban J connectivity index is 0.000000220. The summed E-state index contributed by atoms with van der Waals surface area (Å²) < 4.78 is 4.22. The molecule has 2 saturated heterocycles. The fraction of sp³-hybridized carbons (Fsp3) is 0.750. The Morgan fingerprint density at radius 2 is 0.939 bits per heavy atom. The molecule has 2 aliphatic rings. The molecule has 0 bridgehead atoms. The highest BCUT2D eigenvalue weighted by molar-refractivity contribution is 4.91. The second-order valence-corrected chi connectivity index (χ2v) is 10.4. The van der Waals surface area contributed by atoms with Crippen LogP contribution in [0.2, 0.25) is 0 Å². The number of aromatic nitrogens is 3. The van der Waals surface area contributed by atoms with Gasteiger partial charge in [-0.1, -0.05) is 6.42 Å². The predicted octanol–water partition coefficient (Wildman–Crippen LogP) is 6.90. The Bertz CT molecular complexity index is 608. The first-order valence-corrected chi connectivity index (χ1v) is 13.3. The van der Waals surface area contributed by atoms with E-state index in [0.717, 1.165) is 12.1 Å². The summed E-state index contributed by atoms with van der Waals surface area (Å²) in [4.78, 5) is 8.99. The van der Waals surface area contributed by atoms with Gasteiger partial charge in [0.25, 0.3) is 0 Å². The van der Waals surface area contributed by atoms with Crippen molar-refractivity contribution < 1.29 is 0 Å². The Labute approximate surface area is 205 Å². The predicted molar refractivity (Wildman–Crippen MR) is 144 cm³/mol. The van der Waals surface area contributed by atoms with Gasteiger partial charge in [0.2, 0.25) is 0 Å². The second-order valence-electron chi connectivity index (χ2n) is 10.4. The highest BCUT2D eigenvalue weighted by Crippen LogP contribution is 2.11. The van der Waals surface area contributed by atoms with Gasteiger partial charge >= 0.3 is 0 Å². The summed E-state index contributed by atoms with van der Waals surface area (Å²) in [6.07, 6.45) is 16.8. The number of likely N-dealkylation sites (tertiary alicyclic amines) is 2. The minimum absolute atomic E-state index is 0.539. The third-order valence-corrected chi connectivity index (χ3v) is 6.34. The molecule has 2 aromatic heterocycles. The monoisotopic (exact) mass is 459 g/mol. The molecule has 4 rings (SSSR count). The maximum absolute atomic E-state index is 3.91. The van der Waals surface area contributed by atoms with Crippen molar-refractivity contribution in [2.24, 2.45) is 0 Å². The molecule has 190 valence electrons. The van der Waals surface area contributed by atoms with Crippen molar-refractivity contribution >= 4 is 0 Å². The smallest absolute Gasteiger partial charge is 0.0948 e. The van der Waals surface area contributed by atoms with E-state index in [1.54, 1.807) is 6.20 Å². The fourth-order valence-electron chi connectivity index (χ4n) is 3.96. The molecule has 5 nitrogen and oxygen atoms in total. The molecule has 0 saturated carbocycles. The van der Waals surface area contributed by atoms with E-state index < -0.39 is 0 Å². The van der Waals surface area contributed by atoms with E-state index in [9.17, 15) is 0 Å². The number of imidazole rings is 1. The third-order valence-electron chi connectivity index (χ3n) is 6.34. The van der Waals surface area contributed by atoms with Crippen LogP contribution in [0.1, 0.15) is 99.6 Å². The Kier molecular flexibility index (Phi) is 15.1. The SMILES string of the molecule is CC(C)N1CCCC1.CC(C)N1CCCCC1.CC(C)n1cccc1.CC(C)n1ccnc1. The standard InChI is InChI=1S/C8H17N.C7H15N.C7H11N.C6H10N2/c1-8(2)9-6-4-3-5-7-9;2*1-7(2)8-5-3-4-6-8;1-6(2)8-4-3-7-5-8/h8H,3-7H2,1-2H3;7H,3-6H2,1-2H3;3-7H,1-2H3;3-6H,1-2H3.